The molecule has 1 N–H and O–H groups in total. The van der Waals surface area contributed by atoms with E-state index in [0.29, 0.717) is 16.5 Å². The van der Waals surface area contributed by atoms with Crippen LogP contribution in [0.5, 0.6) is 11.6 Å². The summed E-state index contributed by atoms with van der Waals surface area (Å²) in [6.45, 7) is -2.22. The lowest BCUT2D eigenvalue weighted by Gasteiger charge is -2.18. The third-order valence-corrected chi connectivity index (χ3v) is 6.53. The number of carboxylic acids is 1. The maximum Gasteiger partial charge on any atom is 0.388 e. The molecule has 2 aromatic carbocycles. The van der Waals surface area contributed by atoms with Gasteiger partial charge in [0.2, 0.25) is 5.88 Å². The van der Waals surface area contributed by atoms with Crippen molar-refractivity contribution in [3.05, 3.63) is 57.1 Å². The van der Waals surface area contributed by atoms with Gasteiger partial charge < -0.3 is 14.6 Å². The van der Waals surface area contributed by atoms with Crippen LogP contribution < -0.4 is 9.47 Å². The predicted molar refractivity (Wildman–Crippen MR) is 119 cm³/mol. The number of benzene rings is 2. The van der Waals surface area contributed by atoms with Crippen molar-refractivity contribution in [2.24, 2.45) is 0 Å². The monoisotopic (exact) mass is 519 g/mol. The predicted octanol–water partition coefficient (Wildman–Crippen LogP) is 4.91. The molecule has 0 atom stereocenters. The van der Waals surface area contributed by atoms with Crippen molar-refractivity contribution in [1.82, 2.24) is 4.98 Å². The molecule has 0 aliphatic carbocycles. The first kappa shape index (κ1) is 24.9. The summed E-state index contributed by atoms with van der Waals surface area (Å²) in [6, 6.07) is 6.94. The van der Waals surface area contributed by atoms with Gasteiger partial charge in [0.1, 0.15) is 5.75 Å². The number of nitrogens with zero attached hydrogens (tertiary/aromatic N) is 1. The summed E-state index contributed by atoms with van der Waals surface area (Å²) in [5, 5.41) is 9.50. The van der Waals surface area contributed by atoms with Crippen LogP contribution in [-0.2, 0) is 21.1 Å². The number of fused-ring (bicyclic) bond motifs is 1. The van der Waals surface area contributed by atoms with Gasteiger partial charge in [-0.05, 0) is 42.3 Å². The van der Waals surface area contributed by atoms with Gasteiger partial charge in [0.05, 0.1) is 15.4 Å². The molecule has 0 amide bonds. The fourth-order valence-corrected chi connectivity index (χ4v) is 4.40. The molecule has 3 aromatic rings. The van der Waals surface area contributed by atoms with E-state index in [1.165, 1.54) is 30.3 Å². The summed E-state index contributed by atoms with van der Waals surface area (Å²) in [7, 11) is -3.50. The van der Waals surface area contributed by atoms with Crippen LogP contribution in [0.25, 0.3) is 10.9 Å². The number of carbonyl (C=O) groups is 1. The van der Waals surface area contributed by atoms with E-state index in [-0.39, 0.29) is 38.2 Å². The number of carboxylic acid groups (broad SMARTS) is 1. The fraction of sp³-hybridized carbons (Fsp3) is 0.238. The van der Waals surface area contributed by atoms with Gasteiger partial charge in [0.15, 0.2) is 16.4 Å². The average molecular weight is 520 g/mol. The van der Waals surface area contributed by atoms with Crippen molar-refractivity contribution in [3.63, 3.8) is 0 Å². The topological polar surface area (TPSA) is 103 Å². The van der Waals surface area contributed by atoms with Crippen LogP contribution in [0.1, 0.15) is 16.7 Å². The van der Waals surface area contributed by atoms with E-state index < -0.39 is 34.9 Å². The molecule has 0 aliphatic heterocycles. The minimum absolute atomic E-state index is 0.00445. The van der Waals surface area contributed by atoms with Crippen molar-refractivity contribution in [2.75, 3.05) is 12.9 Å². The number of aryl methyl sites for hydroxylation is 1. The van der Waals surface area contributed by atoms with E-state index in [2.05, 4.69) is 9.72 Å². The third kappa shape index (κ3) is 5.63. The van der Waals surface area contributed by atoms with E-state index in [1.807, 2.05) is 0 Å². The Balaban J connectivity index is 2.21. The molecule has 0 radical (unpaired) electrons. The number of ether oxygens (including phenoxy) is 2. The Hall–Kier alpha value is -2.69. The molecule has 0 aliphatic rings. The normalized spacial score (nSPS) is 11.7. The molecule has 7 nitrogen and oxygen atoms in total. The molecular formula is C21H17Cl2F2NO6S. The summed E-state index contributed by atoms with van der Waals surface area (Å²) >= 11 is 12.5. The van der Waals surface area contributed by atoms with Gasteiger partial charge >= 0.3 is 12.6 Å². The van der Waals surface area contributed by atoms with E-state index in [9.17, 15) is 22.0 Å². The average Bonchev–Trinajstić information content (AvgIpc) is 2.70. The molecule has 176 valence electrons. The van der Waals surface area contributed by atoms with Crippen molar-refractivity contribution in [1.29, 1.82) is 0 Å². The Labute approximate surface area is 197 Å². The highest BCUT2D eigenvalue weighted by molar-refractivity contribution is 7.90. The summed E-state index contributed by atoms with van der Waals surface area (Å²) in [5.41, 5.74) is 1.15. The highest BCUT2D eigenvalue weighted by Crippen LogP contribution is 2.39. The molecule has 1 heterocycles. The Bertz CT molecular complexity index is 1350. The zero-order valence-corrected chi connectivity index (χ0v) is 19.6. The number of hydrogen-bond acceptors (Lipinski definition) is 6. The van der Waals surface area contributed by atoms with Gasteiger partial charge in [-0.1, -0.05) is 29.3 Å². The minimum atomic E-state index is -3.50. The number of alkyl halides is 2. The number of aromatic nitrogens is 1. The number of sulfone groups is 1. The molecule has 0 saturated heterocycles. The van der Waals surface area contributed by atoms with E-state index >= 15 is 0 Å². The lowest BCUT2D eigenvalue weighted by Crippen LogP contribution is -2.12. The van der Waals surface area contributed by atoms with Crippen LogP contribution in [0.3, 0.4) is 0 Å². The van der Waals surface area contributed by atoms with Gasteiger partial charge in [-0.2, -0.15) is 8.78 Å². The summed E-state index contributed by atoms with van der Waals surface area (Å²) in [6.07, 6.45) is 0.997. The maximum absolute atomic E-state index is 13.1. The van der Waals surface area contributed by atoms with Gasteiger partial charge in [0, 0.05) is 28.6 Å². The van der Waals surface area contributed by atoms with Crippen LogP contribution >= 0.6 is 23.2 Å². The van der Waals surface area contributed by atoms with Gasteiger partial charge in [-0.3, -0.25) is 0 Å². The SMILES string of the molecule is Cc1c(Cc2ccc(S(C)(=O)=O)cc2Cl)c(OC(F)F)nc2c(Cl)ccc(OCC(=O)O)c12. The quantitative estimate of drug-likeness (QED) is 0.450. The van der Waals surface area contributed by atoms with Crippen LogP contribution in [0, 0.1) is 6.92 Å². The number of aliphatic carboxylic acids is 1. The second kappa shape index (κ2) is 9.66. The largest absolute Gasteiger partial charge is 0.481 e. The Morgan fingerprint density at radius 1 is 1.18 bits per heavy atom. The van der Waals surface area contributed by atoms with Crippen LogP contribution in [0.4, 0.5) is 8.78 Å². The summed E-state index contributed by atoms with van der Waals surface area (Å²) in [4.78, 5) is 15.1. The first-order valence-electron chi connectivity index (χ1n) is 9.28. The number of rotatable bonds is 8. The minimum Gasteiger partial charge on any atom is -0.481 e. The lowest BCUT2D eigenvalue weighted by molar-refractivity contribution is -0.139. The van der Waals surface area contributed by atoms with Gasteiger partial charge in [-0.25, -0.2) is 18.2 Å². The molecule has 33 heavy (non-hydrogen) atoms. The first-order chi connectivity index (χ1) is 15.4. The summed E-state index contributed by atoms with van der Waals surface area (Å²) in [5.74, 6) is -1.46. The Morgan fingerprint density at radius 3 is 2.45 bits per heavy atom. The Morgan fingerprint density at radius 2 is 1.88 bits per heavy atom. The highest BCUT2D eigenvalue weighted by atomic mass is 35.5. The standard InChI is InChI=1S/C21H17Cl2F2NO6S/c1-10-13(7-11-3-4-12(8-15(11)23)33(2,29)30)20(32-21(24)25)26-19-14(22)5-6-16(18(10)19)31-9-17(27)28/h3-6,8,21H,7,9H2,1-2H3,(H,27,28). The lowest BCUT2D eigenvalue weighted by atomic mass is 9.97. The molecule has 1 aromatic heterocycles. The number of halogens is 4. The third-order valence-electron chi connectivity index (χ3n) is 4.76. The van der Waals surface area contributed by atoms with Crippen molar-refractivity contribution in [3.8, 4) is 11.6 Å². The zero-order chi connectivity index (χ0) is 24.5. The number of pyridine rings is 1. The maximum atomic E-state index is 13.1. The summed E-state index contributed by atoms with van der Waals surface area (Å²) < 4.78 is 59.8. The van der Waals surface area contributed by atoms with Crippen LogP contribution in [-0.4, -0.2) is 44.0 Å². The van der Waals surface area contributed by atoms with Crippen LogP contribution in [0.15, 0.2) is 35.2 Å². The number of hydrogen-bond donors (Lipinski definition) is 1. The molecule has 3 rings (SSSR count). The molecule has 0 saturated carbocycles. The molecule has 0 unspecified atom stereocenters. The highest BCUT2D eigenvalue weighted by Gasteiger charge is 2.22. The second-order valence-electron chi connectivity index (χ2n) is 7.05. The molecule has 0 fully saturated rings. The van der Waals surface area contributed by atoms with Crippen molar-refractivity contribution in [2.45, 2.75) is 24.9 Å². The smallest absolute Gasteiger partial charge is 0.388 e. The first-order valence-corrected chi connectivity index (χ1v) is 11.9. The van der Waals surface area contributed by atoms with E-state index in [4.69, 9.17) is 33.0 Å². The van der Waals surface area contributed by atoms with E-state index in [0.717, 1.165) is 6.26 Å². The zero-order valence-electron chi connectivity index (χ0n) is 17.2. The molecule has 0 bridgehead atoms. The Kier molecular flexibility index (Phi) is 7.30. The molecule has 12 heteroatoms. The van der Waals surface area contributed by atoms with Crippen LogP contribution in [0.2, 0.25) is 10.0 Å². The van der Waals surface area contributed by atoms with Crippen molar-refractivity contribution < 1.29 is 36.6 Å². The van der Waals surface area contributed by atoms with E-state index in [1.54, 1.807) is 6.92 Å². The molecular weight excluding hydrogens is 503 g/mol. The molecule has 0 spiro atoms. The fourth-order valence-electron chi connectivity index (χ4n) is 3.24. The second-order valence-corrected chi connectivity index (χ2v) is 9.88. The van der Waals surface area contributed by atoms with Crippen molar-refractivity contribution >= 4 is 49.9 Å². The van der Waals surface area contributed by atoms with Gasteiger partial charge in [0.25, 0.3) is 0 Å². The van der Waals surface area contributed by atoms with Gasteiger partial charge in [-0.15, -0.1) is 0 Å².